The Labute approximate surface area is 209 Å². The lowest BCUT2D eigenvalue weighted by molar-refractivity contribution is -0.125. The number of fused-ring (bicyclic) bond motifs is 1. The van der Waals surface area contributed by atoms with Gasteiger partial charge in [0, 0.05) is 24.0 Å². The molecule has 0 saturated heterocycles. The van der Waals surface area contributed by atoms with Crippen LogP contribution >= 0.6 is 11.6 Å². The van der Waals surface area contributed by atoms with E-state index in [0.29, 0.717) is 40.5 Å². The first kappa shape index (κ1) is 24.7. The van der Waals surface area contributed by atoms with Crippen molar-refractivity contribution in [3.63, 3.8) is 0 Å². The predicted octanol–water partition coefficient (Wildman–Crippen LogP) is 3.62. The van der Waals surface area contributed by atoms with Gasteiger partial charge in [-0.2, -0.15) is 0 Å². The fourth-order valence-electron chi connectivity index (χ4n) is 4.02. The second-order valence-corrected chi connectivity index (χ2v) is 10.5. The van der Waals surface area contributed by atoms with Crippen LogP contribution in [-0.4, -0.2) is 37.8 Å². The summed E-state index contributed by atoms with van der Waals surface area (Å²) in [5, 5.41) is 5.96. The number of sulfonamides is 1. The highest BCUT2D eigenvalue weighted by atomic mass is 35.5. The zero-order valence-electron chi connectivity index (χ0n) is 19.3. The van der Waals surface area contributed by atoms with Crippen molar-refractivity contribution in [1.29, 1.82) is 0 Å². The smallest absolute Gasteiger partial charge is 0.265 e. The normalized spacial score (nSPS) is 15.3. The summed E-state index contributed by atoms with van der Waals surface area (Å²) in [5.74, 6) is -0.998. The Hall–Kier alpha value is -3.43. The number of carbonyl (C=O) groups is 2. The van der Waals surface area contributed by atoms with Crippen LogP contribution in [0.3, 0.4) is 0 Å². The number of nitrogens with zero attached hydrogens (tertiary/aromatic N) is 2. The second kappa shape index (κ2) is 10.1. The standard InChI is InChI=1S/C25H25ClN4O4S/c1-16-14-23(17(2)13-19(16)26)35(33,34)30-21-6-4-3-5-20(21)29-25(32)22(30)15-24(31)28-12-9-18-7-10-27-11-8-18/h3-8,10-11,13-14,22H,9,12,15H2,1-2H3,(H,28,31)(H,29,32). The van der Waals surface area contributed by atoms with Gasteiger partial charge in [0.2, 0.25) is 11.8 Å². The lowest BCUT2D eigenvalue weighted by atomic mass is 10.1. The zero-order chi connectivity index (χ0) is 25.2. The highest BCUT2D eigenvalue weighted by Gasteiger charge is 2.42. The third-order valence-corrected chi connectivity index (χ3v) is 8.21. The molecule has 4 rings (SSSR count). The number of aryl methyl sites for hydroxylation is 2. The number of anilines is 2. The Bertz CT molecular complexity index is 1380. The van der Waals surface area contributed by atoms with E-state index >= 15 is 0 Å². The van der Waals surface area contributed by atoms with E-state index in [-0.39, 0.29) is 11.3 Å². The van der Waals surface area contributed by atoms with Gasteiger partial charge in [0.05, 0.1) is 22.7 Å². The molecule has 35 heavy (non-hydrogen) atoms. The average Bonchev–Trinajstić information content (AvgIpc) is 2.82. The number of halogens is 1. The van der Waals surface area contributed by atoms with E-state index in [9.17, 15) is 18.0 Å². The molecule has 8 nitrogen and oxygen atoms in total. The molecule has 0 fully saturated rings. The topological polar surface area (TPSA) is 108 Å². The maximum absolute atomic E-state index is 13.9. The Morgan fingerprint density at radius 2 is 1.83 bits per heavy atom. The number of pyridine rings is 1. The summed E-state index contributed by atoms with van der Waals surface area (Å²) in [7, 11) is -4.21. The Morgan fingerprint density at radius 3 is 2.57 bits per heavy atom. The van der Waals surface area contributed by atoms with E-state index in [0.717, 1.165) is 9.87 Å². The average molecular weight is 513 g/mol. The van der Waals surface area contributed by atoms with Crippen molar-refractivity contribution in [2.24, 2.45) is 0 Å². The number of benzene rings is 2. The zero-order valence-corrected chi connectivity index (χ0v) is 20.9. The quantitative estimate of drug-likeness (QED) is 0.502. The molecule has 2 amide bonds. The molecule has 0 bridgehead atoms. The first-order chi connectivity index (χ1) is 16.7. The molecular formula is C25H25ClN4O4S. The van der Waals surface area contributed by atoms with Crippen LogP contribution in [0.5, 0.6) is 0 Å². The second-order valence-electron chi connectivity index (χ2n) is 8.35. The molecule has 2 heterocycles. The van der Waals surface area contributed by atoms with Gasteiger partial charge in [-0.05, 0) is 73.4 Å². The van der Waals surface area contributed by atoms with Gasteiger partial charge in [-0.1, -0.05) is 23.7 Å². The SMILES string of the molecule is Cc1cc(S(=O)(=O)N2c3ccccc3NC(=O)C2CC(=O)NCCc2ccncc2)c(C)cc1Cl. The van der Waals surface area contributed by atoms with Gasteiger partial charge in [0.15, 0.2) is 0 Å². The van der Waals surface area contributed by atoms with Gasteiger partial charge in [0.1, 0.15) is 6.04 Å². The Kier molecular flexibility index (Phi) is 7.09. The number of carbonyl (C=O) groups excluding carboxylic acids is 2. The number of hydrogen-bond donors (Lipinski definition) is 2. The van der Waals surface area contributed by atoms with Gasteiger partial charge in [-0.25, -0.2) is 8.42 Å². The molecular weight excluding hydrogens is 488 g/mol. The number of rotatable bonds is 7. The molecule has 1 aromatic heterocycles. The van der Waals surface area contributed by atoms with E-state index in [2.05, 4.69) is 15.6 Å². The molecule has 2 aromatic carbocycles. The summed E-state index contributed by atoms with van der Waals surface area (Å²) >= 11 is 6.19. The van der Waals surface area contributed by atoms with Crippen LogP contribution < -0.4 is 14.9 Å². The first-order valence-corrected chi connectivity index (χ1v) is 12.9. The van der Waals surface area contributed by atoms with Crippen molar-refractivity contribution in [2.75, 3.05) is 16.2 Å². The lowest BCUT2D eigenvalue weighted by Gasteiger charge is -2.37. The summed E-state index contributed by atoms with van der Waals surface area (Å²) in [4.78, 5) is 29.8. The molecule has 1 unspecified atom stereocenters. The van der Waals surface area contributed by atoms with Crippen molar-refractivity contribution in [3.8, 4) is 0 Å². The van der Waals surface area contributed by atoms with Crippen LogP contribution in [-0.2, 0) is 26.0 Å². The minimum absolute atomic E-state index is 0.0343. The van der Waals surface area contributed by atoms with Gasteiger partial charge in [0.25, 0.3) is 10.0 Å². The van der Waals surface area contributed by atoms with Crippen LogP contribution in [0.1, 0.15) is 23.1 Å². The molecule has 1 atom stereocenters. The molecule has 182 valence electrons. The number of aromatic nitrogens is 1. The molecule has 0 spiro atoms. The van der Waals surface area contributed by atoms with Gasteiger partial charge >= 0.3 is 0 Å². The highest BCUT2D eigenvalue weighted by molar-refractivity contribution is 7.93. The third-order valence-electron chi connectivity index (χ3n) is 5.84. The van der Waals surface area contributed by atoms with Crippen LogP contribution in [0.25, 0.3) is 0 Å². The van der Waals surface area contributed by atoms with Crippen LogP contribution in [0.4, 0.5) is 11.4 Å². The van der Waals surface area contributed by atoms with E-state index < -0.39 is 27.9 Å². The highest BCUT2D eigenvalue weighted by Crippen LogP contribution is 2.38. The number of hydrogen-bond acceptors (Lipinski definition) is 5. The molecule has 0 saturated carbocycles. The van der Waals surface area contributed by atoms with E-state index in [1.807, 2.05) is 12.1 Å². The van der Waals surface area contributed by atoms with E-state index in [1.165, 1.54) is 6.07 Å². The summed E-state index contributed by atoms with van der Waals surface area (Å²) in [6.07, 6.45) is 3.59. The maximum atomic E-state index is 13.9. The molecule has 1 aliphatic heterocycles. The van der Waals surface area contributed by atoms with Crippen molar-refractivity contribution >= 4 is 44.8 Å². The minimum Gasteiger partial charge on any atom is -0.356 e. The molecule has 0 aliphatic carbocycles. The van der Waals surface area contributed by atoms with E-state index in [1.54, 1.807) is 56.6 Å². The van der Waals surface area contributed by atoms with Crippen molar-refractivity contribution in [1.82, 2.24) is 10.3 Å². The number of nitrogens with one attached hydrogen (secondary N) is 2. The van der Waals surface area contributed by atoms with Crippen molar-refractivity contribution < 1.29 is 18.0 Å². The largest absolute Gasteiger partial charge is 0.356 e. The van der Waals surface area contributed by atoms with Gasteiger partial charge in [-0.15, -0.1) is 0 Å². The predicted molar refractivity (Wildman–Crippen MR) is 135 cm³/mol. The molecule has 0 radical (unpaired) electrons. The Balaban J connectivity index is 1.65. The molecule has 10 heteroatoms. The molecule has 2 N–H and O–H groups in total. The third kappa shape index (κ3) is 5.16. The Morgan fingerprint density at radius 1 is 1.11 bits per heavy atom. The first-order valence-electron chi connectivity index (χ1n) is 11.0. The summed E-state index contributed by atoms with van der Waals surface area (Å²) in [6.45, 7) is 3.70. The van der Waals surface area contributed by atoms with Gasteiger partial charge in [-0.3, -0.25) is 18.9 Å². The molecule has 1 aliphatic rings. The fraction of sp³-hybridized carbons (Fsp3) is 0.240. The number of amides is 2. The van der Waals surface area contributed by atoms with Crippen LogP contribution in [0.15, 0.2) is 65.8 Å². The fourth-order valence-corrected chi connectivity index (χ4v) is 6.16. The van der Waals surface area contributed by atoms with Gasteiger partial charge < -0.3 is 10.6 Å². The summed E-state index contributed by atoms with van der Waals surface area (Å²) in [5.41, 5.74) is 2.70. The minimum atomic E-state index is -4.21. The van der Waals surface area contributed by atoms with Crippen LogP contribution in [0, 0.1) is 13.8 Å². The molecule has 3 aromatic rings. The van der Waals surface area contributed by atoms with Crippen molar-refractivity contribution in [3.05, 3.63) is 82.6 Å². The summed E-state index contributed by atoms with van der Waals surface area (Å²) < 4.78 is 28.9. The monoisotopic (exact) mass is 512 g/mol. The van der Waals surface area contributed by atoms with Crippen LogP contribution in [0.2, 0.25) is 5.02 Å². The maximum Gasteiger partial charge on any atom is 0.265 e. The van der Waals surface area contributed by atoms with Crippen molar-refractivity contribution in [2.45, 2.75) is 37.6 Å². The van der Waals surface area contributed by atoms with E-state index in [4.69, 9.17) is 11.6 Å². The number of para-hydroxylation sites is 2. The summed E-state index contributed by atoms with van der Waals surface area (Å²) in [6, 6.07) is 12.1. The lowest BCUT2D eigenvalue weighted by Crippen LogP contribution is -2.53.